The summed E-state index contributed by atoms with van der Waals surface area (Å²) in [6.07, 6.45) is -4.59. The molecule has 1 aromatic rings. The second kappa shape index (κ2) is 8.40. The molecule has 128 valence electrons. The molecule has 0 heterocycles. The van der Waals surface area contributed by atoms with Crippen LogP contribution in [0.4, 0.5) is 18.0 Å². The maximum Gasteiger partial charge on any atom is 0.417 e. The number of amides is 3. The summed E-state index contributed by atoms with van der Waals surface area (Å²) in [6, 6.07) is 4.29. The monoisotopic (exact) mass is 331 g/mol. The van der Waals surface area contributed by atoms with Crippen molar-refractivity contribution in [3.63, 3.8) is 0 Å². The Morgan fingerprint density at radius 3 is 2.17 bits per heavy atom. The molecular weight excluding hydrogens is 311 g/mol. The molecule has 8 heteroatoms. The van der Waals surface area contributed by atoms with Gasteiger partial charge in [0.05, 0.1) is 11.1 Å². The summed E-state index contributed by atoms with van der Waals surface area (Å²) >= 11 is 0. The van der Waals surface area contributed by atoms with Crippen LogP contribution < -0.4 is 10.6 Å². The van der Waals surface area contributed by atoms with Gasteiger partial charge in [0, 0.05) is 26.2 Å². The zero-order valence-corrected chi connectivity index (χ0v) is 13.0. The molecule has 23 heavy (non-hydrogen) atoms. The Bertz CT molecular complexity index is 543. The van der Waals surface area contributed by atoms with Gasteiger partial charge in [-0.2, -0.15) is 13.2 Å². The lowest BCUT2D eigenvalue weighted by Gasteiger charge is -2.19. The fourth-order valence-electron chi connectivity index (χ4n) is 1.99. The van der Waals surface area contributed by atoms with Gasteiger partial charge < -0.3 is 15.5 Å². The van der Waals surface area contributed by atoms with Gasteiger partial charge in [0.2, 0.25) is 0 Å². The highest BCUT2D eigenvalue weighted by atomic mass is 19.4. The number of urea groups is 1. The van der Waals surface area contributed by atoms with Crippen molar-refractivity contribution in [2.75, 3.05) is 26.2 Å². The van der Waals surface area contributed by atoms with E-state index in [1.165, 1.54) is 12.1 Å². The van der Waals surface area contributed by atoms with Gasteiger partial charge in [-0.3, -0.25) is 4.79 Å². The van der Waals surface area contributed by atoms with E-state index in [1.54, 1.807) is 4.90 Å². The largest absolute Gasteiger partial charge is 0.417 e. The van der Waals surface area contributed by atoms with Crippen LogP contribution in [0.15, 0.2) is 24.3 Å². The van der Waals surface area contributed by atoms with E-state index in [4.69, 9.17) is 0 Å². The molecule has 1 aromatic carbocycles. The molecule has 0 aliphatic heterocycles. The number of hydrogen-bond donors (Lipinski definition) is 2. The first-order chi connectivity index (χ1) is 10.8. The number of carbonyl (C=O) groups excluding carboxylic acids is 2. The summed E-state index contributed by atoms with van der Waals surface area (Å²) < 4.78 is 38.5. The van der Waals surface area contributed by atoms with E-state index >= 15 is 0 Å². The summed E-state index contributed by atoms with van der Waals surface area (Å²) in [6.45, 7) is 4.94. The number of nitrogens with one attached hydrogen (secondary N) is 2. The first-order valence-electron chi connectivity index (χ1n) is 7.28. The van der Waals surface area contributed by atoms with Gasteiger partial charge in [-0.05, 0) is 26.0 Å². The quantitative estimate of drug-likeness (QED) is 0.787. The fraction of sp³-hybridized carbons (Fsp3) is 0.467. The summed E-state index contributed by atoms with van der Waals surface area (Å²) in [7, 11) is 0. The predicted molar refractivity (Wildman–Crippen MR) is 80.1 cm³/mol. The summed E-state index contributed by atoms with van der Waals surface area (Å²) in [5.41, 5.74) is -1.42. The molecule has 0 bridgehead atoms. The highest BCUT2D eigenvalue weighted by Gasteiger charge is 2.34. The molecule has 0 spiro atoms. The summed E-state index contributed by atoms with van der Waals surface area (Å²) in [5, 5.41) is 4.96. The van der Waals surface area contributed by atoms with Crippen molar-refractivity contribution in [2.45, 2.75) is 20.0 Å². The van der Waals surface area contributed by atoms with E-state index in [-0.39, 0.29) is 19.1 Å². The average Bonchev–Trinajstić information content (AvgIpc) is 2.51. The fourth-order valence-corrected chi connectivity index (χ4v) is 1.99. The van der Waals surface area contributed by atoms with E-state index in [1.807, 2.05) is 13.8 Å². The number of benzene rings is 1. The van der Waals surface area contributed by atoms with Crippen LogP contribution in [0.2, 0.25) is 0 Å². The maximum atomic E-state index is 12.8. The highest BCUT2D eigenvalue weighted by molar-refractivity contribution is 5.95. The highest BCUT2D eigenvalue weighted by Crippen LogP contribution is 2.31. The van der Waals surface area contributed by atoms with Crippen molar-refractivity contribution < 1.29 is 22.8 Å². The van der Waals surface area contributed by atoms with Crippen molar-refractivity contribution in [1.29, 1.82) is 0 Å². The smallest absolute Gasteiger partial charge is 0.350 e. The van der Waals surface area contributed by atoms with Crippen LogP contribution in [0.5, 0.6) is 0 Å². The molecule has 0 saturated carbocycles. The normalized spacial score (nSPS) is 11.0. The Morgan fingerprint density at radius 1 is 1.04 bits per heavy atom. The van der Waals surface area contributed by atoms with Crippen LogP contribution in [-0.4, -0.2) is 43.0 Å². The Morgan fingerprint density at radius 2 is 1.61 bits per heavy atom. The van der Waals surface area contributed by atoms with Gasteiger partial charge >= 0.3 is 12.2 Å². The zero-order valence-electron chi connectivity index (χ0n) is 13.0. The van der Waals surface area contributed by atoms with Gasteiger partial charge in [0.1, 0.15) is 0 Å². The number of halogens is 3. The molecule has 0 aromatic heterocycles. The molecule has 0 saturated heterocycles. The van der Waals surface area contributed by atoms with Crippen molar-refractivity contribution in [3.8, 4) is 0 Å². The van der Waals surface area contributed by atoms with Gasteiger partial charge in [-0.25, -0.2) is 4.79 Å². The lowest BCUT2D eigenvalue weighted by molar-refractivity contribution is -0.137. The third kappa shape index (κ3) is 5.46. The minimum atomic E-state index is -4.59. The summed E-state index contributed by atoms with van der Waals surface area (Å²) in [5.74, 6) is -0.824. The molecular formula is C15H20F3N3O2. The van der Waals surface area contributed by atoms with Gasteiger partial charge in [-0.1, -0.05) is 12.1 Å². The number of nitrogens with zero attached hydrogens (tertiary/aromatic N) is 1. The predicted octanol–water partition coefficient (Wildman–Crippen LogP) is 2.49. The second-order valence-corrected chi connectivity index (χ2v) is 4.70. The van der Waals surface area contributed by atoms with Crippen LogP contribution in [-0.2, 0) is 6.18 Å². The number of carbonyl (C=O) groups is 2. The van der Waals surface area contributed by atoms with Crippen molar-refractivity contribution in [3.05, 3.63) is 35.4 Å². The molecule has 0 radical (unpaired) electrons. The van der Waals surface area contributed by atoms with Crippen molar-refractivity contribution in [2.24, 2.45) is 0 Å². The van der Waals surface area contributed by atoms with Gasteiger partial charge in [0.15, 0.2) is 0 Å². The topological polar surface area (TPSA) is 61.4 Å². The van der Waals surface area contributed by atoms with Crippen LogP contribution >= 0.6 is 0 Å². The van der Waals surface area contributed by atoms with Crippen molar-refractivity contribution >= 4 is 11.9 Å². The van der Waals surface area contributed by atoms with Crippen LogP contribution in [0.1, 0.15) is 29.8 Å². The third-order valence-corrected chi connectivity index (χ3v) is 3.21. The number of hydrogen-bond acceptors (Lipinski definition) is 2. The number of rotatable bonds is 6. The SMILES string of the molecule is CCN(CC)C(=O)NCCNC(=O)c1ccccc1C(F)(F)F. The van der Waals surface area contributed by atoms with Crippen molar-refractivity contribution in [1.82, 2.24) is 15.5 Å². The summed E-state index contributed by atoms with van der Waals surface area (Å²) in [4.78, 5) is 25.1. The lowest BCUT2D eigenvalue weighted by Crippen LogP contribution is -2.43. The zero-order chi connectivity index (χ0) is 17.5. The van der Waals surface area contributed by atoms with E-state index in [2.05, 4.69) is 10.6 Å². The maximum absolute atomic E-state index is 12.8. The molecule has 2 N–H and O–H groups in total. The standard InChI is InChI=1S/C15H20F3N3O2/c1-3-21(4-2)14(23)20-10-9-19-13(22)11-7-5-6-8-12(11)15(16,17)18/h5-8H,3-4,9-10H2,1-2H3,(H,19,22)(H,20,23). The molecule has 5 nitrogen and oxygen atoms in total. The molecule has 0 aliphatic carbocycles. The average molecular weight is 331 g/mol. The van der Waals surface area contributed by atoms with E-state index in [0.29, 0.717) is 13.1 Å². The van der Waals surface area contributed by atoms with E-state index < -0.39 is 23.2 Å². The molecule has 0 aliphatic rings. The van der Waals surface area contributed by atoms with E-state index in [9.17, 15) is 22.8 Å². The second-order valence-electron chi connectivity index (χ2n) is 4.70. The molecule has 1 rings (SSSR count). The number of alkyl halides is 3. The minimum absolute atomic E-state index is 0.0397. The first kappa shape index (κ1) is 18.8. The Balaban J connectivity index is 2.54. The molecule has 0 fully saturated rings. The van der Waals surface area contributed by atoms with Crippen LogP contribution in [0.3, 0.4) is 0 Å². The third-order valence-electron chi connectivity index (χ3n) is 3.21. The van der Waals surface area contributed by atoms with Crippen LogP contribution in [0, 0.1) is 0 Å². The van der Waals surface area contributed by atoms with Crippen LogP contribution in [0.25, 0.3) is 0 Å². The molecule has 0 unspecified atom stereocenters. The first-order valence-corrected chi connectivity index (χ1v) is 7.28. The lowest BCUT2D eigenvalue weighted by atomic mass is 10.1. The van der Waals surface area contributed by atoms with E-state index in [0.717, 1.165) is 12.1 Å². The van der Waals surface area contributed by atoms with Gasteiger partial charge in [0.25, 0.3) is 5.91 Å². The minimum Gasteiger partial charge on any atom is -0.350 e. The van der Waals surface area contributed by atoms with Gasteiger partial charge in [-0.15, -0.1) is 0 Å². The molecule has 0 atom stereocenters. The Kier molecular flexibility index (Phi) is 6.87. The Labute approximate surface area is 132 Å². The Hall–Kier alpha value is -2.25. The molecule has 3 amide bonds.